The van der Waals surface area contributed by atoms with E-state index in [-0.39, 0.29) is 11.8 Å². The Hall–Kier alpha value is -2.95. The molecule has 25 heavy (non-hydrogen) atoms. The molecule has 0 saturated heterocycles. The van der Waals surface area contributed by atoms with Crippen molar-refractivity contribution in [2.45, 2.75) is 26.3 Å². The number of nitrogens with one attached hydrogen (secondary N) is 1. The number of amides is 1. The van der Waals surface area contributed by atoms with E-state index in [4.69, 9.17) is 4.84 Å². The fraction of sp³-hybridized carbons (Fsp3) is 0.250. The fourth-order valence-electron chi connectivity index (χ4n) is 2.14. The summed E-state index contributed by atoms with van der Waals surface area (Å²) in [7, 11) is 0. The van der Waals surface area contributed by atoms with Gasteiger partial charge in [-0.3, -0.25) is 4.79 Å². The molecule has 0 fully saturated rings. The highest BCUT2D eigenvalue weighted by atomic mass is 16.7. The highest BCUT2D eigenvalue weighted by molar-refractivity contribution is 5.96. The molecule has 2 aromatic carbocycles. The van der Waals surface area contributed by atoms with E-state index in [0.29, 0.717) is 12.0 Å². The maximum Gasteiger partial charge on any atom is 0.357 e. The summed E-state index contributed by atoms with van der Waals surface area (Å²) >= 11 is 0. The zero-order valence-electron chi connectivity index (χ0n) is 14.4. The van der Waals surface area contributed by atoms with E-state index in [1.54, 1.807) is 24.3 Å². The number of hydrogen-bond donors (Lipinski definition) is 1. The van der Waals surface area contributed by atoms with E-state index in [2.05, 4.69) is 10.5 Å². The normalized spacial score (nSPS) is 12.1. The molecule has 0 heterocycles. The number of carbonyl (C=O) groups excluding carboxylic acids is 2. The number of oxime groups is 1. The molecule has 0 bridgehead atoms. The molecule has 0 aliphatic rings. The van der Waals surface area contributed by atoms with Crippen LogP contribution in [0, 0.1) is 5.92 Å². The van der Waals surface area contributed by atoms with Crippen molar-refractivity contribution in [2.24, 2.45) is 11.1 Å². The zero-order chi connectivity index (χ0) is 18.1. The van der Waals surface area contributed by atoms with Gasteiger partial charge in [-0.25, -0.2) is 4.79 Å². The molecule has 5 nitrogen and oxygen atoms in total. The summed E-state index contributed by atoms with van der Waals surface area (Å²) in [6, 6.07) is 17.4. The van der Waals surface area contributed by atoms with E-state index >= 15 is 0 Å². The van der Waals surface area contributed by atoms with Crippen LogP contribution in [-0.4, -0.2) is 24.1 Å². The van der Waals surface area contributed by atoms with Gasteiger partial charge < -0.3 is 10.2 Å². The quantitative estimate of drug-likeness (QED) is 0.479. The van der Waals surface area contributed by atoms with Crippen molar-refractivity contribution in [3.8, 4) is 0 Å². The lowest BCUT2D eigenvalue weighted by molar-refractivity contribution is -0.145. The number of hydrogen-bond acceptors (Lipinski definition) is 4. The molecular formula is C20H22N2O3. The summed E-state index contributed by atoms with van der Waals surface area (Å²) in [6.07, 6.45) is 1.87. The van der Waals surface area contributed by atoms with Crippen molar-refractivity contribution in [2.75, 3.05) is 0 Å². The van der Waals surface area contributed by atoms with Crippen LogP contribution in [-0.2, 0) is 16.1 Å². The molecule has 0 aliphatic heterocycles. The molecule has 0 aliphatic carbocycles. The van der Waals surface area contributed by atoms with Crippen LogP contribution in [0.3, 0.4) is 0 Å². The largest absolute Gasteiger partial charge is 0.357 e. The van der Waals surface area contributed by atoms with Crippen molar-refractivity contribution in [3.63, 3.8) is 0 Å². The first kappa shape index (κ1) is 18.4. The maximum absolute atomic E-state index is 12.4. The summed E-state index contributed by atoms with van der Waals surface area (Å²) in [5, 5.41) is 6.42. The highest BCUT2D eigenvalue weighted by Crippen LogP contribution is 2.07. The number of benzene rings is 2. The number of rotatable bonds is 7. The molecule has 1 amide bonds. The molecular weight excluding hydrogens is 316 g/mol. The second-order valence-electron chi connectivity index (χ2n) is 5.99. The van der Waals surface area contributed by atoms with Crippen LogP contribution in [0.1, 0.15) is 29.8 Å². The van der Waals surface area contributed by atoms with Gasteiger partial charge in [0.25, 0.3) is 5.91 Å². The van der Waals surface area contributed by atoms with Gasteiger partial charge >= 0.3 is 5.97 Å². The molecule has 2 aromatic rings. The van der Waals surface area contributed by atoms with Crippen LogP contribution in [0.5, 0.6) is 0 Å². The van der Waals surface area contributed by atoms with E-state index < -0.39 is 12.0 Å². The molecule has 1 N–H and O–H groups in total. The van der Waals surface area contributed by atoms with Gasteiger partial charge in [-0.05, 0) is 23.6 Å². The number of carbonyl (C=O) groups is 2. The summed E-state index contributed by atoms with van der Waals surface area (Å²) in [5.74, 6) is -0.754. The van der Waals surface area contributed by atoms with E-state index in [1.807, 2.05) is 50.2 Å². The van der Waals surface area contributed by atoms with Crippen molar-refractivity contribution in [3.05, 3.63) is 71.8 Å². The minimum absolute atomic E-state index is 0.166. The Morgan fingerprint density at radius 2 is 1.64 bits per heavy atom. The predicted molar refractivity (Wildman–Crippen MR) is 97.3 cm³/mol. The Balaban J connectivity index is 2.10. The summed E-state index contributed by atoms with van der Waals surface area (Å²) in [4.78, 5) is 29.7. The topological polar surface area (TPSA) is 67.8 Å². The van der Waals surface area contributed by atoms with E-state index in [9.17, 15) is 9.59 Å². The fourth-order valence-corrected chi connectivity index (χ4v) is 2.14. The molecule has 0 spiro atoms. The average Bonchev–Trinajstić information content (AvgIpc) is 2.62. The van der Waals surface area contributed by atoms with Gasteiger partial charge in [-0.1, -0.05) is 67.5 Å². The van der Waals surface area contributed by atoms with Crippen LogP contribution in [0.2, 0.25) is 0 Å². The Bertz CT molecular complexity index is 712. The van der Waals surface area contributed by atoms with Crippen molar-refractivity contribution in [1.82, 2.24) is 5.32 Å². The summed E-state index contributed by atoms with van der Waals surface area (Å²) in [5.41, 5.74) is 1.41. The van der Waals surface area contributed by atoms with E-state index in [1.165, 1.54) is 6.21 Å². The molecule has 130 valence electrons. The van der Waals surface area contributed by atoms with Gasteiger partial charge in [-0.2, -0.15) is 0 Å². The third kappa shape index (κ3) is 6.22. The second-order valence-corrected chi connectivity index (χ2v) is 5.99. The van der Waals surface area contributed by atoms with Gasteiger partial charge in [0, 0.05) is 18.2 Å². The maximum atomic E-state index is 12.4. The first-order chi connectivity index (χ1) is 12.1. The van der Waals surface area contributed by atoms with Crippen LogP contribution < -0.4 is 5.32 Å². The molecule has 0 radical (unpaired) electrons. The second kappa shape index (κ2) is 9.37. The third-order valence-electron chi connectivity index (χ3n) is 3.41. The monoisotopic (exact) mass is 338 g/mol. The first-order valence-corrected chi connectivity index (χ1v) is 8.20. The van der Waals surface area contributed by atoms with Crippen LogP contribution >= 0.6 is 0 Å². The zero-order valence-corrected chi connectivity index (χ0v) is 14.4. The van der Waals surface area contributed by atoms with Gasteiger partial charge in [0.15, 0.2) is 0 Å². The molecule has 0 saturated carbocycles. The van der Waals surface area contributed by atoms with Gasteiger partial charge in [0.05, 0.1) is 0 Å². The summed E-state index contributed by atoms with van der Waals surface area (Å²) < 4.78 is 0. The molecule has 0 aromatic heterocycles. The minimum Gasteiger partial charge on any atom is -0.338 e. The lowest BCUT2D eigenvalue weighted by atomic mass is 10.1. The summed E-state index contributed by atoms with van der Waals surface area (Å²) in [6.45, 7) is 3.85. The molecule has 5 heteroatoms. The molecule has 1 atom stereocenters. The average molecular weight is 338 g/mol. The van der Waals surface area contributed by atoms with Gasteiger partial charge in [0.2, 0.25) is 0 Å². The SMILES string of the molecule is CC(C)/C=N/OC(=O)[C@H](Cc1ccccc1)NC(=O)c1ccccc1. The standard InChI is InChI=1S/C20H22N2O3/c1-15(2)14-21-25-20(24)18(13-16-9-5-3-6-10-16)22-19(23)17-11-7-4-8-12-17/h3-12,14-15,18H,13H2,1-2H3,(H,22,23)/b21-14+/t18-/m0/s1. The molecule has 2 rings (SSSR count). The Morgan fingerprint density at radius 3 is 2.24 bits per heavy atom. The lowest BCUT2D eigenvalue weighted by Crippen LogP contribution is -2.43. The first-order valence-electron chi connectivity index (χ1n) is 8.20. The number of nitrogens with zero attached hydrogens (tertiary/aromatic N) is 1. The van der Waals surface area contributed by atoms with Gasteiger partial charge in [0.1, 0.15) is 6.04 Å². The predicted octanol–water partition coefficient (Wildman–Crippen LogP) is 3.21. The smallest absolute Gasteiger partial charge is 0.338 e. The van der Waals surface area contributed by atoms with Crippen LogP contribution in [0.25, 0.3) is 0 Å². The van der Waals surface area contributed by atoms with Crippen molar-refractivity contribution < 1.29 is 14.4 Å². The van der Waals surface area contributed by atoms with Crippen LogP contribution in [0.15, 0.2) is 65.8 Å². The van der Waals surface area contributed by atoms with Crippen LogP contribution in [0.4, 0.5) is 0 Å². The third-order valence-corrected chi connectivity index (χ3v) is 3.41. The molecule has 0 unspecified atom stereocenters. The Kier molecular flexibility index (Phi) is 6.89. The van der Waals surface area contributed by atoms with E-state index in [0.717, 1.165) is 5.56 Å². The Morgan fingerprint density at radius 1 is 1.04 bits per heavy atom. The van der Waals surface area contributed by atoms with Crippen molar-refractivity contribution in [1.29, 1.82) is 0 Å². The Labute approximate surface area is 147 Å². The minimum atomic E-state index is -0.820. The van der Waals surface area contributed by atoms with Crippen molar-refractivity contribution >= 4 is 18.1 Å². The van der Waals surface area contributed by atoms with Gasteiger partial charge in [-0.15, -0.1) is 0 Å². The lowest BCUT2D eigenvalue weighted by Gasteiger charge is -2.16. The highest BCUT2D eigenvalue weighted by Gasteiger charge is 2.23.